The van der Waals surface area contributed by atoms with E-state index in [-0.39, 0.29) is 5.56 Å². The Morgan fingerprint density at radius 2 is 2.00 bits per heavy atom. The molecule has 1 aromatic carbocycles. The fourth-order valence-electron chi connectivity index (χ4n) is 1.03. The second-order valence-electron chi connectivity index (χ2n) is 2.52. The van der Waals surface area contributed by atoms with Crippen molar-refractivity contribution in [2.45, 2.75) is 6.92 Å². The zero-order valence-corrected chi connectivity index (χ0v) is 6.87. The van der Waals surface area contributed by atoms with Gasteiger partial charge in [0.2, 0.25) is 0 Å². The Labute approximate surface area is 73.8 Å². The molecule has 0 radical (unpaired) electrons. The van der Waals surface area contributed by atoms with Crippen molar-refractivity contribution in [3.05, 3.63) is 35.1 Å². The van der Waals surface area contributed by atoms with Crippen LogP contribution in [0.2, 0.25) is 0 Å². The van der Waals surface area contributed by atoms with Crippen LogP contribution in [0, 0.1) is 5.82 Å². The van der Waals surface area contributed by atoms with Crippen molar-refractivity contribution in [3.63, 3.8) is 0 Å². The zero-order chi connectivity index (χ0) is 10.0. The summed E-state index contributed by atoms with van der Waals surface area (Å²) in [7, 11) is 0. The first kappa shape index (κ1) is 9.38. The smallest absolute Gasteiger partial charge is 0.339 e. The van der Waals surface area contributed by atoms with Gasteiger partial charge in [-0.25, -0.2) is 9.18 Å². The molecule has 1 aromatic rings. The van der Waals surface area contributed by atoms with Gasteiger partial charge in [-0.1, -0.05) is 12.1 Å². The molecule has 0 aliphatic heterocycles. The predicted molar refractivity (Wildman–Crippen MR) is 43.4 cm³/mol. The van der Waals surface area contributed by atoms with E-state index in [1.807, 2.05) is 0 Å². The van der Waals surface area contributed by atoms with Crippen molar-refractivity contribution in [2.75, 3.05) is 0 Å². The lowest BCUT2D eigenvalue weighted by molar-refractivity contribution is 0.0687. The maximum Gasteiger partial charge on any atom is 0.339 e. The summed E-state index contributed by atoms with van der Waals surface area (Å²) >= 11 is 0. The second-order valence-corrected chi connectivity index (χ2v) is 2.52. The van der Waals surface area contributed by atoms with Gasteiger partial charge in [-0.05, 0) is 13.0 Å². The van der Waals surface area contributed by atoms with Crippen LogP contribution in [-0.2, 0) is 0 Å². The molecule has 0 bridgehead atoms. The van der Waals surface area contributed by atoms with Gasteiger partial charge in [0.15, 0.2) is 5.78 Å². The van der Waals surface area contributed by atoms with Crippen LogP contribution in [0.4, 0.5) is 4.39 Å². The molecule has 0 aliphatic carbocycles. The van der Waals surface area contributed by atoms with Gasteiger partial charge in [0, 0.05) is 5.56 Å². The van der Waals surface area contributed by atoms with Crippen LogP contribution in [0.5, 0.6) is 0 Å². The van der Waals surface area contributed by atoms with E-state index in [4.69, 9.17) is 5.11 Å². The lowest BCUT2D eigenvalue weighted by Crippen LogP contribution is -2.08. The van der Waals surface area contributed by atoms with E-state index >= 15 is 0 Å². The number of carbonyl (C=O) groups is 2. The highest BCUT2D eigenvalue weighted by molar-refractivity contribution is 6.04. The van der Waals surface area contributed by atoms with Gasteiger partial charge in [-0.2, -0.15) is 0 Å². The highest BCUT2D eigenvalue weighted by Gasteiger charge is 2.17. The predicted octanol–water partition coefficient (Wildman–Crippen LogP) is 1.73. The molecule has 68 valence electrons. The molecule has 0 fully saturated rings. The molecule has 0 saturated carbocycles. The van der Waals surface area contributed by atoms with Crippen molar-refractivity contribution < 1.29 is 19.1 Å². The number of Topliss-reactive ketones (excluding diaryl/α,β-unsaturated/α-hetero) is 1. The van der Waals surface area contributed by atoms with Gasteiger partial charge in [0.1, 0.15) is 11.4 Å². The molecule has 0 amide bonds. The van der Waals surface area contributed by atoms with Gasteiger partial charge >= 0.3 is 5.97 Å². The number of hydrogen-bond acceptors (Lipinski definition) is 2. The molecule has 0 unspecified atom stereocenters. The van der Waals surface area contributed by atoms with E-state index in [9.17, 15) is 14.0 Å². The van der Waals surface area contributed by atoms with Gasteiger partial charge in [0.05, 0.1) is 0 Å². The summed E-state index contributed by atoms with van der Waals surface area (Å²) < 4.78 is 12.9. The van der Waals surface area contributed by atoms with Crippen molar-refractivity contribution in [3.8, 4) is 0 Å². The van der Waals surface area contributed by atoms with E-state index in [2.05, 4.69) is 0 Å². The molecule has 3 nitrogen and oxygen atoms in total. The molecular formula is C9H7FO3. The van der Waals surface area contributed by atoms with E-state index in [1.54, 1.807) is 0 Å². The van der Waals surface area contributed by atoms with Gasteiger partial charge < -0.3 is 5.11 Å². The van der Waals surface area contributed by atoms with Crippen molar-refractivity contribution in [1.82, 2.24) is 0 Å². The number of carbonyl (C=O) groups excluding carboxylic acids is 1. The maximum atomic E-state index is 12.9. The molecule has 0 aliphatic rings. The number of rotatable bonds is 2. The van der Waals surface area contributed by atoms with Crippen LogP contribution < -0.4 is 0 Å². The van der Waals surface area contributed by atoms with Gasteiger partial charge in [-0.15, -0.1) is 0 Å². The van der Waals surface area contributed by atoms with Crippen molar-refractivity contribution in [1.29, 1.82) is 0 Å². The lowest BCUT2D eigenvalue weighted by Gasteiger charge is -2.02. The summed E-state index contributed by atoms with van der Waals surface area (Å²) in [5.41, 5.74) is -0.664. The molecule has 13 heavy (non-hydrogen) atoms. The summed E-state index contributed by atoms with van der Waals surface area (Å²) in [5.74, 6) is -2.78. The first-order chi connectivity index (χ1) is 6.04. The highest BCUT2D eigenvalue weighted by Crippen LogP contribution is 2.13. The number of hydrogen-bond donors (Lipinski definition) is 1. The molecule has 0 saturated heterocycles. The Bertz CT molecular complexity index is 371. The van der Waals surface area contributed by atoms with Crippen LogP contribution >= 0.6 is 0 Å². The van der Waals surface area contributed by atoms with Crippen molar-refractivity contribution in [2.24, 2.45) is 0 Å². The van der Waals surface area contributed by atoms with Crippen LogP contribution in [0.3, 0.4) is 0 Å². The van der Waals surface area contributed by atoms with Gasteiger partial charge in [0.25, 0.3) is 0 Å². The molecule has 4 heteroatoms. The molecular weight excluding hydrogens is 175 g/mol. The third kappa shape index (κ3) is 1.72. The fraction of sp³-hybridized carbons (Fsp3) is 0.111. The number of ketones is 1. The number of halogens is 1. The number of carboxylic acid groups (broad SMARTS) is 1. The van der Waals surface area contributed by atoms with Gasteiger partial charge in [-0.3, -0.25) is 4.79 Å². The Kier molecular flexibility index (Phi) is 2.41. The largest absolute Gasteiger partial charge is 0.478 e. The molecule has 0 spiro atoms. The minimum atomic E-state index is -1.43. The summed E-state index contributed by atoms with van der Waals surface area (Å²) in [4.78, 5) is 21.4. The Morgan fingerprint density at radius 1 is 1.38 bits per heavy atom. The average Bonchev–Trinajstić information content (AvgIpc) is 2.02. The molecule has 1 rings (SSSR count). The molecule has 0 aromatic heterocycles. The van der Waals surface area contributed by atoms with Crippen LogP contribution in [-0.4, -0.2) is 16.9 Å². The van der Waals surface area contributed by atoms with Crippen LogP contribution in [0.15, 0.2) is 18.2 Å². The first-order valence-corrected chi connectivity index (χ1v) is 3.56. The van der Waals surface area contributed by atoms with E-state index in [0.717, 1.165) is 6.07 Å². The van der Waals surface area contributed by atoms with E-state index in [0.29, 0.717) is 0 Å². The van der Waals surface area contributed by atoms with E-state index < -0.39 is 23.1 Å². The molecule has 0 atom stereocenters. The monoisotopic (exact) mass is 182 g/mol. The Morgan fingerprint density at radius 3 is 2.38 bits per heavy atom. The summed E-state index contributed by atoms with van der Waals surface area (Å²) in [6.45, 7) is 1.20. The summed E-state index contributed by atoms with van der Waals surface area (Å²) in [6.07, 6.45) is 0. The maximum absolute atomic E-state index is 12.9. The molecule has 0 heterocycles. The average molecular weight is 182 g/mol. The number of aromatic carboxylic acids is 1. The van der Waals surface area contributed by atoms with Crippen molar-refractivity contribution >= 4 is 11.8 Å². The summed E-state index contributed by atoms with van der Waals surface area (Å²) in [6, 6.07) is 3.60. The lowest BCUT2D eigenvalue weighted by atomic mass is 10.0. The third-order valence-electron chi connectivity index (χ3n) is 1.61. The third-order valence-corrected chi connectivity index (χ3v) is 1.61. The van der Waals surface area contributed by atoms with Crippen LogP contribution in [0.25, 0.3) is 0 Å². The quantitative estimate of drug-likeness (QED) is 0.708. The zero-order valence-electron chi connectivity index (χ0n) is 6.87. The number of benzene rings is 1. The first-order valence-electron chi connectivity index (χ1n) is 3.56. The normalized spacial score (nSPS) is 9.69. The number of carboxylic acids is 1. The minimum absolute atomic E-state index is 0.104. The Hall–Kier alpha value is -1.71. The van der Waals surface area contributed by atoms with E-state index in [1.165, 1.54) is 19.1 Å². The minimum Gasteiger partial charge on any atom is -0.478 e. The highest BCUT2D eigenvalue weighted by atomic mass is 19.1. The standard InChI is InChI=1S/C9H7FO3/c1-5(11)6-3-2-4-7(10)8(6)9(12)13/h2-4H,1H3,(H,12,13). The summed E-state index contributed by atoms with van der Waals surface area (Å²) in [5, 5.41) is 8.60. The van der Waals surface area contributed by atoms with Crippen LogP contribution in [0.1, 0.15) is 27.6 Å². The Balaban J connectivity index is 3.43. The topological polar surface area (TPSA) is 54.4 Å². The second kappa shape index (κ2) is 3.35. The fourth-order valence-corrected chi connectivity index (χ4v) is 1.03. The SMILES string of the molecule is CC(=O)c1cccc(F)c1C(=O)O. The molecule has 1 N–H and O–H groups in total.